The number of hydrogen-bond acceptors (Lipinski definition) is 7. The van der Waals surface area contributed by atoms with Crippen LogP contribution in [0.2, 0.25) is 0 Å². The van der Waals surface area contributed by atoms with Crippen molar-refractivity contribution in [1.82, 2.24) is 29.7 Å². The van der Waals surface area contributed by atoms with Gasteiger partial charge in [-0.25, -0.2) is 19.9 Å². The second-order valence-corrected chi connectivity index (χ2v) is 5.99. The molecule has 27 heavy (non-hydrogen) atoms. The van der Waals surface area contributed by atoms with Gasteiger partial charge in [0.2, 0.25) is 5.88 Å². The van der Waals surface area contributed by atoms with Crippen LogP contribution in [0.4, 0.5) is 11.6 Å². The van der Waals surface area contributed by atoms with Crippen molar-refractivity contribution < 1.29 is 4.74 Å². The summed E-state index contributed by atoms with van der Waals surface area (Å²) >= 11 is 0. The first kappa shape index (κ1) is 16.7. The van der Waals surface area contributed by atoms with E-state index in [1.807, 2.05) is 19.9 Å². The molecule has 0 saturated heterocycles. The summed E-state index contributed by atoms with van der Waals surface area (Å²) < 4.78 is 6.84. The Morgan fingerprint density at radius 1 is 1.11 bits per heavy atom. The first-order chi connectivity index (χ1) is 13.0. The molecule has 9 nitrogen and oxygen atoms in total. The van der Waals surface area contributed by atoms with E-state index in [-0.39, 0.29) is 5.56 Å². The van der Waals surface area contributed by atoms with Crippen molar-refractivity contribution in [1.29, 1.82) is 0 Å². The average Bonchev–Trinajstić information content (AvgIpc) is 2.97. The first-order valence-corrected chi connectivity index (χ1v) is 8.24. The predicted octanol–water partition coefficient (Wildman–Crippen LogP) is 2.27. The zero-order valence-corrected chi connectivity index (χ0v) is 15.0. The largest absolute Gasteiger partial charge is 0.481 e. The average molecular weight is 363 g/mol. The Labute approximate surface area is 154 Å². The lowest BCUT2D eigenvalue weighted by atomic mass is 10.3. The lowest BCUT2D eigenvalue weighted by Crippen LogP contribution is -2.04. The summed E-state index contributed by atoms with van der Waals surface area (Å²) in [6.45, 7) is 3.73. The third-order valence-electron chi connectivity index (χ3n) is 3.99. The van der Waals surface area contributed by atoms with E-state index in [0.29, 0.717) is 34.2 Å². The molecule has 0 fully saturated rings. The topological polar surface area (TPSA) is 111 Å². The molecule has 2 N–H and O–H groups in total. The molecule has 0 atom stereocenters. The van der Waals surface area contributed by atoms with Crippen LogP contribution >= 0.6 is 0 Å². The van der Waals surface area contributed by atoms with E-state index in [1.165, 1.54) is 6.20 Å². The first-order valence-electron chi connectivity index (χ1n) is 8.24. The number of aromatic nitrogens is 6. The van der Waals surface area contributed by atoms with Crippen LogP contribution in [0.1, 0.15) is 11.5 Å². The fourth-order valence-electron chi connectivity index (χ4n) is 2.86. The minimum absolute atomic E-state index is 0.228. The Bertz CT molecular complexity index is 1180. The van der Waals surface area contributed by atoms with E-state index in [9.17, 15) is 4.79 Å². The van der Waals surface area contributed by atoms with Crippen LogP contribution < -0.4 is 15.6 Å². The number of ether oxygens (including phenoxy) is 1. The van der Waals surface area contributed by atoms with Crippen molar-refractivity contribution in [2.75, 3.05) is 12.4 Å². The van der Waals surface area contributed by atoms with Crippen LogP contribution in [0.25, 0.3) is 16.6 Å². The van der Waals surface area contributed by atoms with Gasteiger partial charge in [-0.2, -0.15) is 0 Å². The fourth-order valence-corrected chi connectivity index (χ4v) is 2.86. The van der Waals surface area contributed by atoms with Crippen molar-refractivity contribution in [3.63, 3.8) is 0 Å². The van der Waals surface area contributed by atoms with Crippen LogP contribution in [0.15, 0.2) is 41.5 Å². The molecule has 0 radical (unpaired) electrons. The number of nitrogens with one attached hydrogen (secondary N) is 2. The summed E-state index contributed by atoms with van der Waals surface area (Å²) in [7, 11) is 1.54. The summed E-state index contributed by atoms with van der Waals surface area (Å²) in [5, 5.41) is 6.45. The summed E-state index contributed by atoms with van der Waals surface area (Å²) in [5.74, 6) is 2.33. The number of hydrogen-bond donors (Lipinski definition) is 2. The van der Waals surface area contributed by atoms with Gasteiger partial charge in [0.15, 0.2) is 0 Å². The summed E-state index contributed by atoms with van der Waals surface area (Å²) in [6, 6.07) is 7.13. The van der Waals surface area contributed by atoms with E-state index in [1.54, 1.807) is 36.2 Å². The number of methoxy groups -OCH3 is 1. The Balaban J connectivity index is 1.80. The van der Waals surface area contributed by atoms with Crippen molar-refractivity contribution >= 4 is 22.5 Å². The second-order valence-electron chi connectivity index (χ2n) is 5.99. The molecule has 0 aliphatic heterocycles. The van der Waals surface area contributed by atoms with Crippen molar-refractivity contribution in [3.05, 3.63) is 58.5 Å². The van der Waals surface area contributed by atoms with Gasteiger partial charge < -0.3 is 10.1 Å². The van der Waals surface area contributed by atoms with Gasteiger partial charge in [0.1, 0.15) is 17.5 Å². The molecule has 0 unspecified atom stereocenters. The van der Waals surface area contributed by atoms with Crippen LogP contribution in [-0.2, 0) is 0 Å². The van der Waals surface area contributed by atoms with Gasteiger partial charge in [-0.3, -0.25) is 14.6 Å². The Morgan fingerprint density at radius 2 is 1.96 bits per heavy atom. The van der Waals surface area contributed by atoms with Gasteiger partial charge in [0.25, 0.3) is 5.56 Å². The number of rotatable bonds is 4. The molecule has 0 bridgehead atoms. The normalized spacial score (nSPS) is 10.9. The van der Waals surface area contributed by atoms with Gasteiger partial charge in [-0.15, -0.1) is 0 Å². The molecule has 136 valence electrons. The molecule has 0 amide bonds. The number of H-pyrrole nitrogens is 1. The summed E-state index contributed by atoms with van der Waals surface area (Å²) in [4.78, 5) is 29.3. The molecular weight excluding hydrogens is 346 g/mol. The summed E-state index contributed by atoms with van der Waals surface area (Å²) in [6.07, 6.45) is 3.15. The highest BCUT2D eigenvalue weighted by molar-refractivity contribution is 5.82. The quantitative estimate of drug-likeness (QED) is 0.572. The smallest absolute Gasteiger partial charge is 0.273 e. The van der Waals surface area contributed by atoms with Gasteiger partial charge >= 0.3 is 0 Å². The van der Waals surface area contributed by atoms with E-state index in [4.69, 9.17) is 4.74 Å². The highest BCUT2D eigenvalue weighted by Gasteiger charge is 2.11. The zero-order valence-electron chi connectivity index (χ0n) is 15.0. The van der Waals surface area contributed by atoms with E-state index < -0.39 is 0 Å². The van der Waals surface area contributed by atoms with E-state index in [0.717, 1.165) is 11.4 Å². The Morgan fingerprint density at radius 3 is 2.74 bits per heavy atom. The summed E-state index contributed by atoms with van der Waals surface area (Å²) in [5.41, 5.74) is 2.02. The maximum Gasteiger partial charge on any atom is 0.273 e. The van der Waals surface area contributed by atoms with Gasteiger partial charge in [-0.05, 0) is 19.9 Å². The van der Waals surface area contributed by atoms with Crippen molar-refractivity contribution in [3.8, 4) is 11.6 Å². The monoisotopic (exact) mass is 363 g/mol. The second kappa shape index (κ2) is 6.52. The number of pyridine rings is 2. The van der Waals surface area contributed by atoms with Crippen molar-refractivity contribution in [2.24, 2.45) is 0 Å². The molecule has 0 saturated carbocycles. The van der Waals surface area contributed by atoms with Crippen LogP contribution in [0.5, 0.6) is 5.88 Å². The highest BCUT2D eigenvalue weighted by atomic mass is 16.5. The van der Waals surface area contributed by atoms with Crippen molar-refractivity contribution in [2.45, 2.75) is 13.8 Å². The van der Waals surface area contributed by atoms with Crippen LogP contribution in [0, 0.1) is 13.8 Å². The Kier molecular flexibility index (Phi) is 4.03. The molecule has 0 aliphatic carbocycles. The zero-order chi connectivity index (χ0) is 19.0. The molecule has 4 heterocycles. The number of anilines is 2. The van der Waals surface area contributed by atoms with E-state index in [2.05, 4.69) is 30.4 Å². The predicted molar refractivity (Wildman–Crippen MR) is 101 cm³/mol. The molecule has 9 heteroatoms. The molecule has 0 spiro atoms. The van der Waals surface area contributed by atoms with Gasteiger partial charge in [0.05, 0.1) is 23.7 Å². The lowest BCUT2D eigenvalue weighted by Gasteiger charge is -2.08. The third kappa shape index (κ3) is 3.22. The number of nitrogens with zero attached hydrogens (tertiary/aromatic N) is 5. The van der Waals surface area contributed by atoms with Gasteiger partial charge in [0, 0.05) is 36.3 Å². The van der Waals surface area contributed by atoms with E-state index >= 15 is 0 Å². The number of aryl methyl sites for hydroxylation is 2. The maximum absolute atomic E-state index is 12.3. The fraction of sp³-hybridized carbons (Fsp3) is 0.167. The minimum atomic E-state index is -0.228. The lowest BCUT2D eigenvalue weighted by molar-refractivity contribution is 0.397. The standard InChI is InChI=1S/C18H17N7O2/c1-10-6-16(22-11(2)21-10)23-15-8-14-13(9-20-15)18(26)24-25(14)12-4-5-19-17(7-12)27-3/h4-9H,1-3H3,(H,24,26)(H,20,21,22,23). The molecule has 0 aliphatic rings. The molecule has 4 aromatic rings. The van der Waals surface area contributed by atoms with Gasteiger partial charge in [-0.1, -0.05) is 0 Å². The Hall–Kier alpha value is -3.75. The molecular formula is C18H17N7O2. The maximum atomic E-state index is 12.3. The molecule has 0 aromatic carbocycles. The van der Waals surface area contributed by atoms with Crippen LogP contribution in [-0.4, -0.2) is 36.8 Å². The number of fused-ring (bicyclic) bond motifs is 1. The number of aromatic amines is 1. The minimum Gasteiger partial charge on any atom is -0.481 e. The third-order valence-corrected chi connectivity index (χ3v) is 3.99. The molecule has 4 aromatic heterocycles. The highest BCUT2D eigenvalue weighted by Crippen LogP contribution is 2.21. The molecule has 4 rings (SSSR count). The SMILES string of the molecule is COc1cc(-n2[nH]c(=O)c3cnc(Nc4cc(C)nc(C)n4)cc32)ccn1. The van der Waals surface area contributed by atoms with Crippen LogP contribution in [0.3, 0.4) is 0 Å².